The lowest BCUT2D eigenvalue weighted by atomic mass is 9.97. The third-order valence-electron chi connectivity index (χ3n) is 4.88. The topological polar surface area (TPSA) is 84.7 Å². The van der Waals surface area contributed by atoms with Crippen LogP contribution in [-0.4, -0.2) is 49.5 Å². The highest BCUT2D eigenvalue weighted by atomic mass is 16.5. The van der Waals surface area contributed by atoms with Gasteiger partial charge in [-0.05, 0) is 56.8 Å². The van der Waals surface area contributed by atoms with Gasteiger partial charge >= 0.3 is 0 Å². The second kappa shape index (κ2) is 8.85. The number of nitrogens with zero attached hydrogens (tertiary/aromatic N) is 1. The van der Waals surface area contributed by atoms with Gasteiger partial charge in [0.2, 0.25) is 5.91 Å². The second-order valence-corrected chi connectivity index (χ2v) is 6.83. The number of benzene rings is 1. The van der Waals surface area contributed by atoms with Crippen LogP contribution in [0.1, 0.15) is 29.5 Å². The van der Waals surface area contributed by atoms with Gasteiger partial charge in [-0.1, -0.05) is 12.1 Å². The minimum atomic E-state index is -0.231. The molecule has 2 amide bonds. The summed E-state index contributed by atoms with van der Waals surface area (Å²) in [5, 5.41) is 2.88. The molecule has 0 saturated carbocycles. The number of carbonyl (C=O) groups excluding carboxylic acids is 2. The lowest BCUT2D eigenvalue weighted by Gasteiger charge is -2.31. The van der Waals surface area contributed by atoms with Crippen LogP contribution in [-0.2, 0) is 9.59 Å². The average Bonchev–Trinajstić information content (AvgIpc) is 2.58. The molecule has 0 radical (unpaired) electrons. The molecule has 1 aromatic carbocycles. The molecule has 1 aliphatic heterocycles. The van der Waals surface area contributed by atoms with Gasteiger partial charge in [0.25, 0.3) is 5.91 Å². The molecule has 2 rings (SSSR count). The fraction of sp³-hybridized carbons (Fsp3) is 0.579. The summed E-state index contributed by atoms with van der Waals surface area (Å²) in [4.78, 5) is 25.5. The number of piperidine rings is 1. The predicted octanol–water partition coefficient (Wildman–Crippen LogP) is 1.30. The Labute approximate surface area is 149 Å². The van der Waals surface area contributed by atoms with Crippen LogP contribution >= 0.6 is 0 Å². The molecule has 1 aliphatic rings. The van der Waals surface area contributed by atoms with E-state index in [1.54, 1.807) is 0 Å². The van der Waals surface area contributed by atoms with Crippen molar-refractivity contribution in [1.29, 1.82) is 0 Å². The molecule has 0 aliphatic carbocycles. The number of likely N-dealkylation sites (tertiary alicyclic amines) is 1. The van der Waals surface area contributed by atoms with Crippen molar-refractivity contribution in [2.75, 3.05) is 32.8 Å². The first kappa shape index (κ1) is 19.2. The smallest absolute Gasteiger partial charge is 0.257 e. The lowest BCUT2D eigenvalue weighted by molar-refractivity contribution is -0.124. The molecule has 6 nitrogen and oxygen atoms in total. The van der Waals surface area contributed by atoms with E-state index in [1.165, 1.54) is 0 Å². The maximum absolute atomic E-state index is 12.0. The van der Waals surface area contributed by atoms with Gasteiger partial charge in [-0.3, -0.25) is 9.59 Å². The van der Waals surface area contributed by atoms with E-state index < -0.39 is 0 Å². The van der Waals surface area contributed by atoms with E-state index in [-0.39, 0.29) is 24.3 Å². The van der Waals surface area contributed by atoms with Gasteiger partial charge in [0, 0.05) is 19.6 Å². The van der Waals surface area contributed by atoms with Crippen molar-refractivity contribution in [1.82, 2.24) is 10.2 Å². The van der Waals surface area contributed by atoms with Gasteiger partial charge in [-0.25, -0.2) is 0 Å². The minimum absolute atomic E-state index is 0.00897. The Balaban J connectivity index is 1.73. The van der Waals surface area contributed by atoms with Crippen molar-refractivity contribution in [3.8, 4) is 5.75 Å². The number of aryl methyl sites for hydroxylation is 2. The van der Waals surface area contributed by atoms with Crippen LogP contribution in [0.2, 0.25) is 0 Å². The second-order valence-electron chi connectivity index (χ2n) is 6.83. The van der Waals surface area contributed by atoms with Crippen LogP contribution in [0.5, 0.6) is 5.75 Å². The molecule has 1 aromatic rings. The molecule has 138 valence electrons. The van der Waals surface area contributed by atoms with Crippen LogP contribution in [0.4, 0.5) is 0 Å². The average molecular weight is 347 g/mol. The summed E-state index contributed by atoms with van der Waals surface area (Å²) in [5.41, 5.74) is 8.63. The Hall–Kier alpha value is -2.08. The van der Waals surface area contributed by atoms with Crippen LogP contribution in [0.3, 0.4) is 0 Å². The summed E-state index contributed by atoms with van der Waals surface area (Å²) in [7, 11) is 0. The molecule has 1 atom stereocenters. The number of nitrogens with two attached hydrogens (primary N) is 1. The summed E-state index contributed by atoms with van der Waals surface area (Å²) >= 11 is 0. The van der Waals surface area contributed by atoms with Crippen molar-refractivity contribution >= 4 is 11.8 Å². The van der Waals surface area contributed by atoms with Crippen LogP contribution in [0, 0.1) is 26.7 Å². The van der Waals surface area contributed by atoms with Gasteiger partial charge < -0.3 is 20.7 Å². The molecule has 0 bridgehead atoms. The first-order valence-electron chi connectivity index (χ1n) is 8.86. The van der Waals surface area contributed by atoms with Crippen LogP contribution in [0.25, 0.3) is 0 Å². The quantitative estimate of drug-likeness (QED) is 0.779. The van der Waals surface area contributed by atoms with E-state index >= 15 is 0 Å². The zero-order chi connectivity index (χ0) is 18.4. The molecule has 0 unspecified atom stereocenters. The third kappa shape index (κ3) is 5.46. The van der Waals surface area contributed by atoms with E-state index in [9.17, 15) is 9.59 Å². The predicted molar refractivity (Wildman–Crippen MR) is 97.5 cm³/mol. The minimum Gasteiger partial charge on any atom is -0.483 e. The van der Waals surface area contributed by atoms with E-state index in [4.69, 9.17) is 10.5 Å². The molecule has 25 heavy (non-hydrogen) atoms. The number of hydrogen-bond donors (Lipinski definition) is 2. The van der Waals surface area contributed by atoms with Crippen LogP contribution in [0.15, 0.2) is 12.1 Å². The summed E-state index contributed by atoms with van der Waals surface area (Å²) in [6.07, 6.45) is 1.83. The highest BCUT2D eigenvalue weighted by molar-refractivity contribution is 5.77. The molecule has 0 spiro atoms. The number of ether oxygens (including phenoxy) is 1. The molecular formula is C19H29N3O3. The number of hydrogen-bond acceptors (Lipinski definition) is 4. The monoisotopic (exact) mass is 347 g/mol. The van der Waals surface area contributed by atoms with Gasteiger partial charge in [-0.2, -0.15) is 0 Å². The molecular weight excluding hydrogens is 318 g/mol. The van der Waals surface area contributed by atoms with Crippen LogP contribution < -0.4 is 15.8 Å². The van der Waals surface area contributed by atoms with Gasteiger partial charge in [0.1, 0.15) is 5.75 Å². The fourth-order valence-corrected chi connectivity index (χ4v) is 3.18. The Kier molecular flexibility index (Phi) is 6.82. The fourth-order valence-electron chi connectivity index (χ4n) is 3.18. The van der Waals surface area contributed by atoms with Gasteiger partial charge in [0.05, 0.1) is 5.92 Å². The van der Waals surface area contributed by atoms with Crippen molar-refractivity contribution in [2.45, 2.75) is 33.6 Å². The third-order valence-corrected chi connectivity index (χ3v) is 4.88. The number of carbonyl (C=O) groups is 2. The zero-order valence-electron chi connectivity index (χ0n) is 15.4. The van der Waals surface area contributed by atoms with Gasteiger partial charge in [0.15, 0.2) is 6.61 Å². The summed E-state index contributed by atoms with van der Waals surface area (Å²) in [5.74, 6) is 0.352. The van der Waals surface area contributed by atoms with Crippen molar-refractivity contribution < 1.29 is 14.3 Å². The normalized spacial score (nSPS) is 18.0. The van der Waals surface area contributed by atoms with E-state index in [0.717, 1.165) is 48.4 Å². The Morgan fingerprint density at radius 1 is 1.28 bits per heavy atom. The first-order chi connectivity index (χ1) is 11.9. The molecule has 0 aromatic heterocycles. The number of primary amides is 1. The zero-order valence-corrected chi connectivity index (χ0v) is 15.4. The first-order valence-corrected chi connectivity index (χ1v) is 8.86. The Morgan fingerprint density at radius 3 is 2.72 bits per heavy atom. The molecule has 1 fully saturated rings. The Morgan fingerprint density at radius 2 is 2.00 bits per heavy atom. The maximum Gasteiger partial charge on any atom is 0.257 e. The molecule has 1 heterocycles. The Bertz CT molecular complexity index is 631. The summed E-state index contributed by atoms with van der Waals surface area (Å²) in [6, 6.07) is 4.05. The summed E-state index contributed by atoms with van der Waals surface area (Å²) in [6.45, 7) is 8.90. The van der Waals surface area contributed by atoms with Crippen molar-refractivity contribution in [3.05, 3.63) is 28.8 Å². The largest absolute Gasteiger partial charge is 0.483 e. The molecule has 3 N–H and O–H groups in total. The van der Waals surface area contributed by atoms with Crippen molar-refractivity contribution in [2.24, 2.45) is 11.7 Å². The molecule has 6 heteroatoms. The molecule has 1 saturated heterocycles. The SMILES string of the molecule is Cc1ccc(C)c(OCC(=O)NCCN2CCC[C@H](C(N)=O)C2)c1C. The number of rotatable bonds is 7. The standard InChI is InChI=1S/C19H29N3O3/c1-13-6-7-14(2)18(15(13)3)25-12-17(23)21-8-10-22-9-4-5-16(11-22)19(20)24/h6-7,16H,4-5,8-12H2,1-3H3,(H2,20,24)(H,21,23)/t16-/m0/s1. The highest BCUT2D eigenvalue weighted by Crippen LogP contribution is 2.25. The van der Waals surface area contributed by atoms with E-state index in [0.29, 0.717) is 13.1 Å². The lowest BCUT2D eigenvalue weighted by Crippen LogP contribution is -2.44. The van der Waals surface area contributed by atoms with Gasteiger partial charge in [-0.15, -0.1) is 0 Å². The van der Waals surface area contributed by atoms with Crippen molar-refractivity contribution in [3.63, 3.8) is 0 Å². The van der Waals surface area contributed by atoms with E-state index in [1.807, 2.05) is 26.8 Å². The van der Waals surface area contributed by atoms with E-state index in [2.05, 4.69) is 16.3 Å². The highest BCUT2D eigenvalue weighted by Gasteiger charge is 2.23. The number of nitrogens with one attached hydrogen (secondary N) is 1. The number of amides is 2. The summed E-state index contributed by atoms with van der Waals surface area (Å²) < 4.78 is 5.71. The maximum atomic E-state index is 12.0.